The number of carbonyl (C=O) groups excluding carboxylic acids is 1. The smallest absolute Gasteiger partial charge is 0.267 e. The maximum atomic E-state index is 11.9. The molecule has 0 spiro atoms. The van der Waals surface area contributed by atoms with E-state index < -0.39 is 0 Å². The van der Waals surface area contributed by atoms with E-state index in [9.17, 15) is 4.79 Å². The van der Waals surface area contributed by atoms with Crippen molar-refractivity contribution in [2.45, 2.75) is 31.7 Å². The standard InChI is InChI=1S/C12H19N3O/c1-9-4-5-10(15(9)2)11(16)14-8-12(13)6-3-7-12/h4-5H,3,6-8,13H2,1-2H3,(H,14,16). The van der Waals surface area contributed by atoms with Gasteiger partial charge in [-0.2, -0.15) is 0 Å². The molecule has 0 radical (unpaired) electrons. The van der Waals surface area contributed by atoms with Crippen molar-refractivity contribution in [3.63, 3.8) is 0 Å². The highest BCUT2D eigenvalue weighted by molar-refractivity contribution is 5.92. The number of hydrogen-bond acceptors (Lipinski definition) is 2. The normalized spacial score (nSPS) is 17.9. The maximum Gasteiger partial charge on any atom is 0.267 e. The predicted octanol–water partition coefficient (Wildman–Crippen LogP) is 0.945. The Bertz CT molecular complexity index is 404. The van der Waals surface area contributed by atoms with Crippen LogP contribution in [0.4, 0.5) is 0 Å². The molecule has 1 aromatic rings. The van der Waals surface area contributed by atoms with Gasteiger partial charge in [-0.05, 0) is 38.3 Å². The van der Waals surface area contributed by atoms with Gasteiger partial charge in [-0.15, -0.1) is 0 Å². The molecule has 0 bridgehead atoms. The highest BCUT2D eigenvalue weighted by Crippen LogP contribution is 2.28. The van der Waals surface area contributed by atoms with Gasteiger partial charge in [0.15, 0.2) is 0 Å². The first-order valence-corrected chi connectivity index (χ1v) is 5.71. The second-order valence-electron chi connectivity index (χ2n) is 4.82. The zero-order valence-electron chi connectivity index (χ0n) is 9.92. The number of aryl methyl sites for hydroxylation is 1. The van der Waals surface area contributed by atoms with E-state index in [2.05, 4.69) is 5.32 Å². The van der Waals surface area contributed by atoms with Crippen LogP contribution >= 0.6 is 0 Å². The molecular formula is C12H19N3O. The molecule has 4 heteroatoms. The molecule has 1 aliphatic carbocycles. The molecule has 1 aromatic heterocycles. The molecule has 1 saturated carbocycles. The minimum Gasteiger partial charge on any atom is -0.349 e. The van der Waals surface area contributed by atoms with E-state index >= 15 is 0 Å². The molecule has 1 aliphatic rings. The molecule has 2 rings (SSSR count). The molecule has 88 valence electrons. The molecule has 1 amide bonds. The fourth-order valence-electron chi connectivity index (χ4n) is 2.00. The summed E-state index contributed by atoms with van der Waals surface area (Å²) in [6, 6.07) is 3.78. The van der Waals surface area contributed by atoms with Gasteiger partial charge in [-0.1, -0.05) is 0 Å². The third-order valence-corrected chi connectivity index (χ3v) is 3.56. The Morgan fingerprint density at radius 1 is 1.56 bits per heavy atom. The zero-order valence-corrected chi connectivity index (χ0v) is 9.92. The largest absolute Gasteiger partial charge is 0.349 e. The van der Waals surface area contributed by atoms with Crippen LogP contribution in [0, 0.1) is 6.92 Å². The Hall–Kier alpha value is -1.29. The summed E-state index contributed by atoms with van der Waals surface area (Å²) in [5, 5.41) is 2.91. The molecule has 1 fully saturated rings. The first-order chi connectivity index (χ1) is 7.52. The van der Waals surface area contributed by atoms with Gasteiger partial charge in [-0.25, -0.2) is 0 Å². The van der Waals surface area contributed by atoms with Crippen LogP contribution in [0.25, 0.3) is 0 Å². The molecular weight excluding hydrogens is 202 g/mol. The van der Waals surface area contributed by atoms with E-state index in [1.165, 1.54) is 6.42 Å². The van der Waals surface area contributed by atoms with Crippen LogP contribution in [0.2, 0.25) is 0 Å². The first kappa shape index (κ1) is 11.2. The van der Waals surface area contributed by atoms with E-state index in [1.54, 1.807) is 0 Å². The lowest BCUT2D eigenvalue weighted by Crippen LogP contribution is -2.55. The maximum absolute atomic E-state index is 11.9. The second kappa shape index (κ2) is 3.94. The SMILES string of the molecule is Cc1ccc(C(=O)NCC2(N)CCC2)n1C. The highest BCUT2D eigenvalue weighted by Gasteiger charge is 2.32. The van der Waals surface area contributed by atoms with Crippen LogP contribution in [0.15, 0.2) is 12.1 Å². The number of nitrogens with one attached hydrogen (secondary N) is 1. The monoisotopic (exact) mass is 221 g/mol. The van der Waals surface area contributed by atoms with Gasteiger partial charge in [0, 0.05) is 24.8 Å². The molecule has 0 atom stereocenters. The summed E-state index contributed by atoms with van der Waals surface area (Å²) in [7, 11) is 1.89. The van der Waals surface area contributed by atoms with E-state index in [0.29, 0.717) is 12.2 Å². The molecule has 0 aliphatic heterocycles. The lowest BCUT2D eigenvalue weighted by Gasteiger charge is -2.38. The van der Waals surface area contributed by atoms with E-state index in [-0.39, 0.29) is 11.4 Å². The van der Waals surface area contributed by atoms with Crippen molar-refractivity contribution in [2.75, 3.05) is 6.54 Å². The Balaban J connectivity index is 1.95. The Morgan fingerprint density at radius 2 is 2.25 bits per heavy atom. The number of nitrogens with zero attached hydrogens (tertiary/aromatic N) is 1. The van der Waals surface area contributed by atoms with Gasteiger partial charge in [-0.3, -0.25) is 4.79 Å². The number of rotatable bonds is 3. The lowest BCUT2D eigenvalue weighted by molar-refractivity contribution is 0.0921. The van der Waals surface area contributed by atoms with E-state index in [0.717, 1.165) is 18.5 Å². The van der Waals surface area contributed by atoms with Crippen molar-refractivity contribution in [3.8, 4) is 0 Å². The number of carbonyl (C=O) groups is 1. The van der Waals surface area contributed by atoms with Crippen LogP contribution < -0.4 is 11.1 Å². The van der Waals surface area contributed by atoms with Crippen molar-refractivity contribution in [1.29, 1.82) is 0 Å². The van der Waals surface area contributed by atoms with Gasteiger partial charge in [0.2, 0.25) is 0 Å². The predicted molar refractivity (Wildman–Crippen MR) is 63.3 cm³/mol. The Morgan fingerprint density at radius 3 is 2.69 bits per heavy atom. The van der Waals surface area contributed by atoms with Crippen LogP contribution in [-0.2, 0) is 7.05 Å². The van der Waals surface area contributed by atoms with Crippen molar-refractivity contribution in [2.24, 2.45) is 12.8 Å². The average Bonchev–Trinajstić information content (AvgIpc) is 2.54. The number of hydrogen-bond donors (Lipinski definition) is 2. The lowest BCUT2D eigenvalue weighted by atomic mass is 9.78. The second-order valence-corrected chi connectivity index (χ2v) is 4.82. The topological polar surface area (TPSA) is 60.1 Å². The Kier molecular flexibility index (Phi) is 2.76. The van der Waals surface area contributed by atoms with Crippen molar-refractivity contribution in [1.82, 2.24) is 9.88 Å². The fourth-order valence-corrected chi connectivity index (χ4v) is 2.00. The van der Waals surface area contributed by atoms with Gasteiger partial charge in [0.05, 0.1) is 0 Å². The van der Waals surface area contributed by atoms with Crippen molar-refractivity contribution < 1.29 is 4.79 Å². The third-order valence-electron chi connectivity index (χ3n) is 3.56. The zero-order chi connectivity index (χ0) is 11.8. The van der Waals surface area contributed by atoms with Crippen LogP contribution in [0.1, 0.15) is 35.4 Å². The van der Waals surface area contributed by atoms with Crippen molar-refractivity contribution >= 4 is 5.91 Å². The van der Waals surface area contributed by atoms with Crippen LogP contribution in [0.5, 0.6) is 0 Å². The van der Waals surface area contributed by atoms with Gasteiger partial charge in [0.1, 0.15) is 5.69 Å². The summed E-state index contributed by atoms with van der Waals surface area (Å²) in [5.41, 5.74) is 7.67. The molecule has 0 aromatic carbocycles. The number of nitrogens with two attached hydrogens (primary N) is 1. The minimum absolute atomic E-state index is 0.0349. The Labute approximate surface area is 95.8 Å². The molecule has 16 heavy (non-hydrogen) atoms. The van der Waals surface area contributed by atoms with Gasteiger partial charge in [0.25, 0.3) is 5.91 Å². The van der Waals surface area contributed by atoms with Gasteiger partial charge < -0.3 is 15.6 Å². The summed E-state index contributed by atoms with van der Waals surface area (Å²) in [5.74, 6) is -0.0349. The summed E-state index contributed by atoms with van der Waals surface area (Å²) in [4.78, 5) is 11.9. The highest BCUT2D eigenvalue weighted by atomic mass is 16.1. The molecule has 3 N–H and O–H groups in total. The van der Waals surface area contributed by atoms with E-state index in [1.807, 2.05) is 30.7 Å². The van der Waals surface area contributed by atoms with E-state index in [4.69, 9.17) is 5.73 Å². The fraction of sp³-hybridized carbons (Fsp3) is 0.583. The average molecular weight is 221 g/mol. The molecule has 0 saturated heterocycles. The van der Waals surface area contributed by atoms with Crippen LogP contribution in [-0.4, -0.2) is 22.6 Å². The first-order valence-electron chi connectivity index (χ1n) is 5.71. The van der Waals surface area contributed by atoms with Gasteiger partial charge >= 0.3 is 0 Å². The summed E-state index contributed by atoms with van der Waals surface area (Å²) in [6.07, 6.45) is 3.20. The van der Waals surface area contributed by atoms with Crippen LogP contribution in [0.3, 0.4) is 0 Å². The number of amides is 1. The van der Waals surface area contributed by atoms with Crippen molar-refractivity contribution in [3.05, 3.63) is 23.5 Å². The quantitative estimate of drug-likeness (QED) is 0.798. The minimum atomic E-state index is -0.157. The molecule has 0 unspecified atom stereocenters. The summed E-state index contributed by atoms with van der Waals surface area (Å²) >= 11 is 0. The summed E-state index contributed by atoms with van der Waals surface area (Å²) in [6.45, 7) is 2.56. The third kappa shape index (κ3) is 1.97. The molecule has 4 nitrogen and oxygen atoms in total. The summed E-state index contributed by atoms with van der Waals surface area (Å²) < 4.78 is 1.89. The molecule has 1 heterocycles. The number of aromatic nitrogens is 1.